The topological polar surface area (TPSA) is 111 Å². The molecule has 0 atom stereocenters. The lowest BCUT2D eigenvalue weighted by atomic mass is 10.1. The average molecular weight is 512 g/mol. The maximum absolute atomic E-state index is 5.55. The van der Waals surface area contributed by atoms with Gasteiger partial charge in [0.1, 0.15) is 17.3 Å². The molecule has 194 valence electrons. The van der Waals surface area contributed by atoms with Crippen LogP contribution in [0.2, 0.25) is 0 Å². The molecule has 0 aliphatic heterocycles. The maximum atomic E-state index is 5.55. The minimum atomic E-state index is 0.557. The van der Waals surface area contributed by atoms with Crippen LogP contribution in [-0.4, -0.2) is 58.0 Å². The summed E-state index contributed by atoms with van der Waals surface area (Å²) in [6, 6.07) is 13.7. The Morgan fingerprint density at radius 1 is 0.816 bits per heavy atom. The number of benzene rings is 2. The molecule has 0 spiro atoms. The van der Waals surface area contributed by atoms with Gasteiger partial charge in [0, 0.05) is 66.1 Å². The van der Waals surface area contributed by atoms with Crippen LogP contribution in [0.1, 0.15) is 17.9 Å². The highest BCUT2D eigenvalue weighted by atomic mass is 16.5. The minimum absolute atomic E-state index is 0.557. The molecule has 10 nitrogen and oxygen atoms in total. The van der Waals surface area contributed by atoms with Gasteiger partial charge in [-0.3, -0.25) is 10.1 Å². The number of aromatic nitrogens is 6. The fourth-order valence-electron chi connectivity index (χ4n) is 4.27. The van der Waals surface area contributed by atoms with E-state index in [1.807, 2.05) is 37.3 Å². The summed E-state index contributed by atoms with van der Waals surface area (Å²) < 4.78 is 16.3. The van der Waals surface area contributed by atoms with E-state index in [0.717, 1.165) is 51.6 Å². The van der Waals surface area contributed by atoms with Crippen LogP contribution in [0.4, 0.5) is 11.4 Å². The summed E-state index contributed by atoms with van der Waals surface area (Å²) in [5, 5.41) is 7.09. The fraction of sp³-hybridized carbons (Fsp3) is 0.250. The van der Waals surface area contributed by atoms with Gasteiger partial charge in [0.25, 0.3) is 0 Å². The molecule has 3 aromatic heterocycles. The fourth-order valence-corrected chi connectivity index (χ4v) is 4.27. The molecular weight excluding hydrogens is 482 g/mol. The van der Waals surface area contributed by atoms with Gasteiger partial charge in [-0.25, -0.2) is 9.97 Å². The Balaban J connectivity index is 1.51. The van der Waals surface area contributed by atoms with Crippen molar-refractivity contribution in [3.05, 3.63) is 72.6 Å². The zero-order valence-electron chi connectivity index (χ0n) is 21.8. The van der Waals surface area contributed by atoms with E-state index in [1.54, 1.807) is 46.0 Å². The number of nitrogens with zero attached hydrogens (tertiary/aromatic N) is 6. The van der Waals surface area contributed by atoms with Crippen LogP contribution in [0.25, 0.3) is 22.3 Å². The molecule has 5 aromatic rings. The number of anilines is 2. The lowest BCUT2D eigenvalue weighted by Crippen LogP contribution is -2.19. The van der Waals surface area contributed by atoms with Crippen LogP contribution in [0.5, 0.6) is 17.4 Å². The monoisotopic (exact) mass is 511 g/mol. The third-order valence-electron chi connectivity index (χ3n) is 6.26. The second-order valence-corrected chi connectivity index (χ2v) is 8.68. The van der Waals surface area contributed by atoms with E-state index in [2.05, 4.69) is 36.1 Å². The number of aromatic amines is 1. The van der Waals surface area contributed by atoms with Crippen molar-refractivity contribution in [2.45, 2.75) is 19.8 Å². The zero-order valence-corrected chi connectivity index (χ0v) is 21.8. The Bertz CT molecular complexity index is 1530. The van der Waals surface area contributed by atoms with Gasteiger partial charge in [-0.1, -0.05) is 0 Å². The Labute approximate surface area is 220 Å². The van der Waals surface area contributed by atoms with Crippen molar-refractivity contribution in [1.82, 2.24) is 30.1 Å². The first-order valence-electron chi connectivity index (χ1n) is 12.2. The number of methoxy groups -OCH3 is 3. The SMILES string of the molecule is COc1cc(OC)cc(N(CCCc2nccc(OC)n2)c2ccc3ncc(-c4cn[nH]c4C)nc3c2)c1. The van der Waals surface area contributed by atoms with Crippen molar-refractivity contribution in [3.8, 4) is 28.6 Å². The summed E-state index contributed by atoms with van der Waals surface area (Å²) in [6.07, 6.45) is 6.74. The maximum Gasteiger partial charge on any atom is 0.216 e. The molecule has 2 aromatic carbocycles. The second kappa shape index (κ2) is 11.1. The molecule has 0 fully saturated rings. The molecule has 3 heterocycles. The third-order valence-corrected chi connectivity index (χ3v) is 6.26. The first-order chi connectivity index (χ1) is 18.6. The number of aryl methyl sites for hydroxylation is 2. The number of rotatable bonds is 10. The van der Waals surface area contributed by atoms with Gasteiger partial charge in [-0.15, -0.1) is 0 Å². The molecule has 0 amide bonds. The van der Waals surface area contributed by atoms with Gasteiger partial charge < -0.3 is 19.1 Å². The van der Waals surface area contributed by atoms with E-state index in [1.165, 1.54) is 0 Å². The molecule has 1 N–H and O–H groups in total. The van der Waals surface area contributed by atoms with Crippen LogP contribution in [-0.2, 0) is 6.42 Å². The normalized spacial score (nSPS) is 10.9. The Kier molecular flexibility index (Phi) is 7.30. The zero-order chi connectivity index (χ0) is 26.5. The van der Waals surface area contributed by atoms with Crippen LogP contribution in [0.15, 0.2) is 61.1 Å². The molecule has 38 heavy (non-hydrogen) atoms. The van der Waals surface area contributed by atoms with Crippen LogP contribution in [0.3, 0.4) is 0 Å². The highest BCUT2D eigenvalue weighted by Crippen LogP contribution is 2.34. The minimum Gasteiger partial charge on any atom is -0.497 e. The highest BCUT2D eigenvalue weighted by Gasteiger charge is 2.15. The lowest BCUT2D eigenvalue weighted by Gasteiger charge is -2.26. The third kappa shape index (κ3) is 5.34. The molecule has 0 aliphatic rings. The summed E-state index contributed by atoms with van der Waals surface area (Å²) in [7, 11) is 4.90. The van der Waals surface area contributed by atoms with E-state index < -0.39 is 0 Å². The number of H-pyrrole nitrogens is 1. The van der Waals surface area contributed by atoms with E-state index in [-0.39, 0.29) is 0 Å². The number of hydrogen-bond acceptors (Lipinski definition) is 9. The van der Waals surface area contributed by atoms with Gasteiger partial charge in [-0.05, 0) is 31.5 Å². The molecule has 0 unspecified atom stereocenters. The predicted octanol–water partition coefficient (Wildman–Crippen LogP) is 4.92. The first kappa shape index (κ1) is 24.9. The summed E-state index contributed by atoms with van der Waals surface area (Å²) in [5.41, 5.74) is 6.14. The van der Waals surface area contributed by atoms with Crippen molar-refractivity contribution in [1.29, 1.82) is 0 Å². The van der Waals surface area contributed by atoms with E-state index >= 15 is 0 Å². The van der Waals surface area contributed by atoms with Gasteiger partial charge in [-0.2, -0.15) is 10.1 Å². The van der Waals surface area contributed by atoms with E-state index in [9.17, 15) is 0 Å². The summed E-state index contributed by atoms with van der Waals surface area (Å²) >= 11 is 0. The van der Waals surface area contributed by atoms with Crippen molar-refractivity contribution >= 4 is 22.4 Å². The summed E-state index contributed by atoms with van der Waals surface area (Å²) in [4.78, 5) is 20.6. The molecule has 10 heteroatoms. The molecule has 5 rings (SSSR count). The second-order valence-electron chi connectivity index (χ2n) is 8.68. The Morgan fingerprint density at radius 3 is 2.34 bits per heavy atom. The molecule has 0 radical (unpaired) electrons. The van der Waals surface area contributed by atoms with Crippen LogP contribution < -0.4 is 19.1 Å². The van der Waals surface area contributed by atoms with Gasteiger partial charge in [0.2, 0.25) is 5.88 Å². The molecule has 0 aliphatic carbocycles. The predicted molar refractivity (Wildman–Crippen MR) is 145 cm³/mol. The first-order valence-corrected chi connectivity index (χ1v) is 12.2. The van der Waals surface area contributed by atoms with E-state index in [0.29, 0.717) is 30.3 Å². The number of nitrogens with one attached hydrogen (secondary N) is 1. The molecule has 0 saturated heterocycles. The van der Waals surface area contributed by atoms with Crippen LogP contribution in [0, 0.1) is 6.92 Å². The van der Waals surface area contributed by atoms with Gasteiger partial charge in [0.05, 0.1) is 50.5 Å². The quantitative estimate of drug-likeness (QED) is 0.279. The van der Waals surface area contributed by atoms with Crippen molar-refractivity contribution < 1.29 is 14.2 Å². The van der Waals surface area contributed by atoms with E-state index in [4.69, 9.17) is 19.2 Å². The lowest BCUT2D eigenvalue weighted by molar-refractivity contribution is 0.394. The smallest absolute Gasteiger partial charge is 0.216 e. The highest BCUT2D eigenvalue weighted by molar-refractivity contribution is 5.83. The number of fused-ring (bicyclic) bond motifs is 1. The summed E-state index contributed by atoms with van der Waals surface area (Å²) in [5.74, 6) is 2.70. The van der Waals surface area contributed by atoms with Crippen LogP contribution >= 0.6 is 0 Å². The van der Waals surface area contributed by atoms with Crippen molar-refractivity contribution in [2.75, 3.05) is 32.8 Å². The standard InChI is InChI=1S/C28H29N7O3/c1-18-23(16-31-34-18)26-17-30-24-8-7-19(14-25(24)32-26)35(20-12-21(36-2)15-22(13-20)37-3)11-5-6-27-29-10-9-28(33-27)38-4/h7-10,12-17H,5-6,11H2,1-4H3,(H,31,34). The number of hydrogen-bond donors (Lipinski definition) is 1. The molecule has 0 saturated carbocycles. The Hall–Kier alpha value is -4.73. The van der Waals surface area contributed by atoms with Gasteiger partial charge >= 0.3 is 0 Å². The largest absolute Gasteiger partial charge is 0.497 e. The van der Waals surface area contributed by atoms with Crippen molar-refractivity contribution in [3.63, 3.8) is 0 Å². The molecule has 0 bridgehead atoms. The summed E-state index contributed by atoms with van der Waals surface area (Å²) in [6.45, 7) is 2.66. The molecular formula is C28H29N7O3. The van der Waals surface area contributed by atoms with Crippen molar-refractivity contribution in [2.24, 2.45) is 0 Å². The number of ether oxygens (including phenoxy) is 3. The van der Waals surface area contributed by atoms with Gasteiger partial charge in [0.15, 0.2) is 0 Å². The Morgan fingerprint density at radius 2 is 1.63 bits per heavy atom. The average Bonchev–Trinajstić information content (AvgIpc) is 3.40.